The molecule has 1 aliphatic rings. The Morgan fingerprint density at radius 1 is 1.18 bits per heavy atom. The first-order valence-corrected chi connectivity index (χ1v) is 9.30. The van der Waals surface area contributed by atoms with E-state index in [1.807, 2.05) is 54.5 Å². The Morgan fingerprint density at radius 2 is 2.11 bits per heavy atom. The molecule has 140 valence electrons. The van der Waals surface area contributed by atoms with Crippen molar-refractivity contribution in [3.05, 3.63) is 72.3 Å². The highest BCUT2D eigenvalue weighted by Gasteiger charge is 2.31. The lowest BCUT2D eigenvalue weighted by molar-refractivity contribution is 0.0757. The molecule has 1 aliphatic heterocycles. The van der Waals surface area contributed by atoms with Crippen molar-refractivity contribution >= 4 is 11.6 Å². The van der Waals surface area contributed by atoms with Crippen molar-refractivity contribution in [3.8, 4) is 11.1 Å². The number of hydrogen-bond donors (Lipinski definition) is 0. The Morgan fingerprint density at radius 3 is 2.89 bits per heavy atom. The fraction of sp³-hybridized carbons (Fsp3) is 0.238. The molecule has 28 heavy (non-hydrogen) atoms. The molecule has 0 bridgehead atoms. The maximum absolute atomic E-state index is 12.6. The number of carbonyl (C=O) groups is 1. The van der Waals surface area contributed by atoms with Crippen LogP contribution in [0.1, 0.15) is 34.5 Å². The second kappa shape index (κ2) is 6.60. The van der Waals surface area contributed by atoms with Gasteiger partial charge in [0.05, 0.1) is 0 Å². The fourth-order valence-corrected chi connectivity index (χ4v) is 3.64. The molecule has 1 fully saturated rings. The first kappa shape index (κ1) is 16.7. The molecule has 7 nitrogen and oxygen atoms in total. The Balaban J connectivity index is 1.37. The third kappa shape index (κ3) is 2.94. The molecule has 1 saturated heterocycles. The standard InChI is InChI=1S/C21H19N5O2/c1-14-4-6-18(28-14)21(27)25-10-8-17(12-25)20-23-19-7-5-16(13-26(19)24-20)15-3-2-9-22-11-15/h2-7,9,11,13,17H,8,10,12H2,1H3/t17-/m1/s1. The van der Waals surface area contributed by atoms with Crippen molar-refractivity contribution < 1.29 is 9.21 Å². The predicted octanol–water partition coefficient (Wildman–Crippen LogP) is 3.32. The normalized spacial score (nSPS) is 16.8. The van der Waals surface area contributed by atoms with Crippen LogP contribution in [0.2, 0.25) is 0 Å². The van der Waals surface area contributed by atoms with Crippen LogP contribution in [-0.4, -0.2) is 43.5 Å². The topological polar surface area (TPSA) is 76.5 Å². The molecule has 5 rings (SSSR count). The van der Waals surface area contributed by atoms with Gasteiger partial charge in [-0.2, -0.15) is 5.10 Å². The van der Waals surface area contributed by atoms with Gasteiger partial charge in [0.25, 0.3) is 5.91 Å². The summed E-state index contributed by atoms with van der Waals surface area (Å²) in [4.78, 5) is 23.3. The molecule has 0 saturated carbocycles. The second-order valence-corrected chi connectivity index (χ2v) is 7.08. The lowest BCUT2D eigenvalue weighted by atomic mass is 10.1. The van der Waals surface area contributed by atoms with Crippen LogP contribution in [0.4, 0.5) is 0 Å². The minimum atomic E-state index is -0.0711. The average molecular weight is 373 g/mol. The third-order valence-corrected chi connectivity index (χ3v) is 5.13. The van der Waals surface area contributed by atoms with Gasteiger partial charge in [-0.05, 0) is 43.7 Å². The van der Waals surface area contributed by atoms with E-state index in [0.29, 0.717) is 18.8 Å². The molecule has 4 aromatic heterocycles. The van der Waals surface area contributed by atoms with Gasteiger partial charge in [-0.15, -0.1) is 0 Å². The minimum Gasteiger partial charge on any atom is -0.456 e. The quantitative estimate of drug-likeness (QED) is 0.551. The summed E-state index contributed by atoms with van der Waals surface area (Å²) in [5.74, 6) is 1.96. The van der Waals surface area contributed by atoms with Gasteiger partial charge in [0.2, 0.25) is 0 Å². The summed E-state index contributed by atoms with van der Waals surface area (Å²) in [6, 6.07) is 11.5. The number of carbonyl (C=O) groups excluding carboxylic acids is 1. The van der Waals surface area contributed by atoms with Crippen LogP contribution in [0.5, 0.6) is 0 Å². The maximum atomic E-state index is 12.6. The largest absolute Gasteiger partial charge is 0.456 e. The van der Waals surface area contributed by atoms with E-state index in [9.17, 15) is 4.79 Å². The van der Waals surface area contributed by atoms with Crippen molar-refractivity contribution in [2.24, 2.45) is 0 Å². The summed E-state index contributed by atoms with van der Waals surface area (Å²) in [6.45, 7) is 3.12. The minimum absolute atomic E-state index is 0.0711. The number of likely N-dealkylation sites (tertiary alicyclic amines) is 1. The molecular weight excluding hydrogens is 354 g/mol. The second-order valence-electron chi connectivity index (χ2n) is 7.08. The number of aryl methyl sites for hydroxylation is 1. The average Bonchev–Trinajstić information content (AvgIpc) is 3.46. The van der Waals surface area contributed by atoms with Gasteiger partial charge in [-0.1, -0.05) is 6.07 Å². The lowest BCUT2D eigenvalue weighted by Gasteiger charge is -2.13. The SMILES string of the molecule is Cc1ccc(C(=O)N2CC[C@@H](c3nc4ccc(-c5cccnc5)cn4n3)C2)o1. The van der Waals surface area contributed by atoms with E-state index < -0.39 is 0 Å². The fourth-order valence-electron chi connectivity index (χ4n) is 3.64. The van der Waals surface area contributed by atoms with E-state index in [2.05, 4.69) is 15.1 Å². The van der Waals surface area contributed by atoms with Gasteiger partial charge in [-0.3, -0.25) is 9.78 Å². The zero-order valence-electron chi connectivity index (χ0n) is 15.4. The molecule has 0 aliphatic carbocycles. The maximum Gasteiger partial charge on any atom is 0.289 e. The highest BCUT2D eigenvalue weighted by atomic mass is 16.3. The monoisotopic (exact) mass is 373 g/mol. The molecule has 0 N–H and O–H groups in total. The molecule has 0 radical (unpaired) electrons. The van der Waals surface area contributed by atoms with E-state index in [1.54, 1.807) is 16.8 Å². The first-order valence-electron chi connectivity index (χ1n) is 9.30. The van der Waals surface area contributed by atoms with Crippen molar-refractivity contribution in [1.29, 1.82) is 0 Å². The summed E-state index contributed by atoms with van der Waals surface area (Å²) in [5.41, 5.74) is 2.87. The van der Waals surface area contributed by atoms with Crippen LogP contribution >= 0.6 is 0 Å². The highest BCUT2D eigenvalue weighted by molar-refractivity contribution is 5.91. The van der Waals surface area contributed by atoms with E-state index in [4.69, 9.17) is 4.42 Å². The molecule has 0 aromatic carbocycles. The third-order valence-electron chi connectivity index (χ3n) is 5.13. The van der Waals surface area contributed by atoms with Crippen molar-refractivity contribution in [2.75, 3.05) is 13.1 Å². The summed E-state index contributed by atoms with van der Waals surface area (Å²) in [7, 11) is 0. The van der Waals surface area contributed by atoms with E-state index >= 15 is 0 Å². The van der Waals surface area contributed by atoms with E-state index in [-0.39, 0.29) is 11.8 Å². The van der Waals surface area contributed by atoms with Crippen molar-refractivity contribution in [3.63, 3.8) is 0 Å². The molecule has 5 heterocycles. The number of rotatable bonds is 3. The number of furan rings is 1. The molecule has 1 amide bonds. The van der Waals surface area contributed by atoms with Crippen LogP contribution in [0.15, 0.2) is 59.4 Å². The Bertz CT molecular complexity index is 1150. The van der Waals surface area contributed by atoms with Crippen molar-refractivity contribution in [1.82, 2.24) is 24.5 Å². The Labute approximate surface area is 161 Å². The molecule has 1 atom stereocenters. The van der Waals surface area contributed by atoms with Crippen LogP contribution in [0, 0.1) is 6.92 Å². The van der Waals surface area contributed by atoms with E-state index in [1.165, 1.54) is 0 Å². The zero-order valence-corrected chi connectivity index (χ0v) is 15.4. The molecular formula is C21H19N5O2. The van der Waals surface area contributed by atoms with Crippen LogP contribution in [-0.2, 0) is 0 Å². The molecule has 0 unspecified atom stereocenters. The Kier molecular flexibility index (Phi) is 3.93. The van der Waals surface area contributed by atoms with Crippen LogP contribution in [0.3, 0.4) is 0 Å². The summed E-state index contributed by atoms with van der Waals surface area (Å²) in [5, 5.41) is 4.68. The Hall–Kier alpha value is -3.48. The summed E-state index contributed by atoms with van der Waals surface area (Å²) < 4.78 is 7.27. The molecule has 0 spiro atoms. The van der Waals surface area contributed by atoms with Crippen LogP contribution in [0.25, 0.3) is 16.8 Å². The number of fused-ring (bicyclic) bond motifs is 1. The number of hydrogen-bond acceptors (Lipinski definition) is 5. The van der Waals surface area contributed by atoms with Crippen LogP contribution < -0.4 is 0 Å². The number of amides is 1. The van der Waals surface area contributed by atoms with Gasteiger partial charge < -0.3 is 9.32 Å². The molecule has 7 heteroatoms. The highest BCUT2D eigenvalue weighted by Crippen LogP contribution is 2.27. The van der Waals surface area contributed by atoms with Gasteiger partial charge in [0.15, 0.2) is 17.2 Å². The number of nitrogens with zero attached hydrogens (tertiary/aromatic N) is 5. The number of pyridine rings is 2. The lowest BCUT2D eigenvalue weighted by Crippen LogP contribution is -2.28. The van der Waals surface area contributed by atoms with Gasteiger partial charge in [0.1, 0.15) is 5.76 Å². The molecule has 4 aromatic rings. The predicted molar refractivity (Wildman–Crippen MR) is 103 cm³/mol. The van der Waals surface area contributed by atoms with E-state index in [0.717, 1.165) is 34.8 Å². The summed E-state index contributed by atoms with van der Waals surface area (Å²) >= 11 is 0. The van der Waals surface area contributed by atoms with Gasteiger partial charge >= 0.3 is 0 Å². The summed E-state index contributed by atoms with van der Waals surface area (Å²) in [6.07, 6.45) is 6.40. The smallest absolute Gasteiger partial charge is 0.289 e. The first-order chi connectivity index (χ1) is 13.7. The zero-order chi connectivity index (χ0) is 19.1. The van der Waals surface area contributed by atoms with Crippen molar-refractivity contribution in [2.45, 2.75) is 19.3 Å². The number of aromatic nitrogens is 4. The van der Waals surface area contributed by atoms with Gasteiger partial charge in [0, 0.05) is 48.7 Å². The van der Waals surface area contributed by atoms with Gasteiger partial charge in [-0.25, -0.2) is 9.50 Å².